The smallest absolute Gasteiger partial charge is 0.266 e. The van der Waals surface area contributed by atoms with Gasteiger partial charge in [0.2, 0.25) is 0 Å². The Balaban J connectivity index is 1.08. The molecule has 0 bridgehead atoms. The van der Waals surface area contributed by atoms with Crippen LogP contribution in [0.2, 0.25) is 0 Å². The summed E-state index contributed by atoms with van der Waals surface area (Å²) in [6.45, 7) is 12.4. The highest BCUT2D eigenvalue weighted by Gasteiger charge is 2.45. The van der Waals surface area contributed by atoms with Crippen LogP contribution in [0.4, 0.5) is 5.69 Å². The van der Waals surface area contributed by atoms with Crippen LogP contribution in [-0.2, 0) is 5.41 Å². The molecule has 0 atom stereocenters. The fourth-order valence-electron chi connectivity index (χ4n) is 7.37. The summed E-state index contributed by atoms with van der Waals surface area (Å²) in [5.41, 5.74) is 1.96. The molecule has 0 aliphatic carbocycles. The van der Waals surface area contributed by atoms with Gasteiger partial charge in [-0.2, -0.15) is 0 Å². The Labute approximate surface area is 326 Å². The summed E-state index contributed by atoms with van der Waals surface area (Å²) in [7, 11) is 0. The molecule has 2 aliphatic rings. The molecule has 7 rings (SSSR count). The van der Waals surface area contributed by atoms with Crippen molar-refractivity contribution in [3.05, 3.63) is 148 Å². The van der Waals surface area contributed by atoms with E-state index in [2.05, 4.69) is 32.9 Å². The zero-order valence-electron chi connectivity index (χ0n) is 32.5. The maximum atomic E-state index is 13.8. The zero-order chi connectivity index (χ0) is 39.9. The van der Waals surface area contributed by atoms with Crippen molar-refractivity contribution in [2.45, 2.75) is 78.2 Å². The standard InChI is InChI=1S/C47H44N2O7/c1-7-46(5,8-2)31-14-11-16-33(26-31)55-35-18-13-19-36(28-35)56-34-17-12-15-32(27-34)48-42(51)37-22-20-29(24-39(37)43(48)52)41(50)30-21-23-38-40(25-30)45(54)49(44(38)53)47(6,9-3)10-4/h11-28H,7-10H2,1-6H3. The van der Waals surface area contributed by atoms with Gasteiger partial charge in [-0.3, -0.25) is 28.9 Å². The third kappa shape index (κ3) is 6.57. The summed E-state index contributed by atoms with van der Waals surface area (Å²) in [6.07, 6.45) is 3.21. The van der Waals surface area contributed by atoms with Gasteiger partial charge in [0.1, 0.15) is 23.0 Å². The second-order valence-corrected chi connectivity index (χ2v) is 14.9. The van der Waals surface area contributed by atoms with Crippen LogP contribution in [0.3, 0.4) is 0 Å². The van der Waals surface area contributed by atoms with Gasteiger partial charge in [0.05, 0.1) is 27.9 Å². The molecule has 5 aromatic carbocycles. The van der Waals surface area contributed by atoms with Crippen molar-refractivity contribution in [2.75, 3.05) is 4.90 Å². The van der Waals surface area contributed by atoms with Gasteiger partial charge in [0.15, 0.2) is 5.78 Å². The van der Waals surface area contributed by atoms with Crippen LogP contribution in [0.15, 0.2) is 109 Å². The zero-order valence-corrected chi connectivity index (χ0v) is 32.5. The summed E-state index contributed by atoms with van der Waals surface area (Å²) in [4.78, 5) is 70.2. The Kier molecular flexibility index (Phi) is 9.97. The molecule has 0 spiro atoms. The van der Waals surface area contributed by atoms with Crippen molar-refractivity contribution in [3.63, 3.8) is 0 Å². The lowest BCUT2D eigenvalue weighted by molar-refractivity contribution is 0.0434. The molecule has 0 saturated carbocycles. The lowest BCUT2D eigenvalue weighted by Gasteiger charge is -2.35. The van der Waals surface area contributed by atoms with Gasteiger partial charge in [-0.15, -0.1) is 0 Å². The summed E-state index contributed by atoms with van der Waals surface area (Å²) in [5.74, 6) is -0.153. The molecule has 0 unspecified atom stereocenters. The van der Waals surface area contributed by atoms with E-state index in [0.717, 1.165) is 23.5 Å². The van der Waals surface area contributed by atoms with Crippen molar-refractivity contribution in [3.8, 4) is 23.0 Å². The van der Waals surface area contributed by atoms with Gasteiger partial charge in [-0.1, -0.05) is 71.0 Å². The number of nitrogens with zero attached hydrogens (tertiary/aromatic N) is 2. The van der Waals surface area contributed by atoms with Gasteiger partial charge in [-0.25, -0.2) is 4.90 Å². The first-order chi connectivity index (χ1) is 26.8. The van der Waals surface area contributed by atoms with Gasteiger partial charge in [0.25, 0.3) is 23.6 Å². The first-order valence-electron chi connectivity index (χ1n) is 19.1. The maximum Gasteiger partial charge on any atom is 0.266 e. The number of anilines is 1. The number of rotatable bonds is 13. The van der Waals surface area contributed by atoms with Gasteiger partial charge in [-0.05, 0) is 104 Å². The molecule has 2 aliphatic heterocycles. The Morgan fingerprint density at radius 1 is 0.518 bits per heavy atom. The van der Waals surface area contributed by atoms with Crippen molar-refractivity contribution in [1.82, 2.24) is 4.90 Å². The maximum absolute atomic E-state index is 13.8. The molecule has 4 amide bonds. The number of carbonyl (C=O) groups is 5. The highest BCUT2D eigenvalue weighted by Crippen LogP contribution is 2.38. The van der Waals surface area contributed by atoms with Crippen molar-refractivity contribution < 1.29 is 33.4 Å². The lowest BCUT2D eigenvalue weighted by Crippen LogP contribution is -2.48. The molecule has 2 heterocycles. The topological polar surface area (TPSA) is 110 Å². The second-order valence-electron chi connectivity index (χ2n) is 14.9. The fourth-order valence-corrected chi connectivity index (χ4v) is 7.37. The van der Waals surface area contributed by atoms with Crippen LogP contribution in [0.1, 0.15) is 130 Å². The number of ether oxygens (including phenoxy) is 2. The number of benzene rings is 5. The SMILES string of the molecule is CCC(C)(CC)c1cccc(Oc2cccc(Oc3cccc(N4C(=O)c5ccc(C(=O)c6ccc7c(c6)C(=O)N(C(C)(CC)CC)C7=O)cc5C4=O)c3)c2)c1. The second kappa shape index (κ2) is 14.7. The minimum atomic E-state index is -0.652. The molecule has 0 fully saturated rings. The molecular formula is C47H44N2O7. The number of hydrogen-bond donors (Lipinski definition) is 0. The lowest BCUT2D eigenvalue weighted by atomic mass is 9.78. The molecule has 5 aromatic rings. The average Bonchev–Trinajstić information content (AvgIpc) is 3.63. The minimum absolute atomic E-state index is 0.0534. The predicted molar refractivity (Wildman–Crippen MR) is 214 cm³/mol. The number of imide groups is 2. The summed E-state index contributed by atoms with van der Waals surface area (Å²) in [5, 5.41) is 0. The molecule has 0 radical (unpaired) electrons. The molecule has 56 heavy (non-hydrogen) atoms. The number of carbonyl (C=O) groups excluding carboxylic acids is 5. The first kappa shape index (κ1) is 37.9. The Bertz CT molecular complexity index is 2420. The predicted octanol–water partition coefficient (Wildman–Crippen LogP) is 10.6. The minimum Gasteiger partial charge on any atom is -0.457 e. The van der Waals surface area contributed by atoms with Crippen LogP contribution in [0, 0.1) is 0 Å². The van der Waals surface area contributed by atoms with Gasteiger partial charge >= 0.3 is 0 Å². The van der Waals surface area contributed by atoms with E-state index in [0.29, 0.717) is 35.8 Å². The van der Waals surface area contributed by atoms with E-state index in [1.54, 1.807) is 36.4 Å². The Hall–Kier alpha value is -6.35. The molecule has 0 saturated heterocycles. The van der Waals surface area contributed by atoms with Crippen LogP contribution < -0.4 is 14.4 Å². The Morgan fingerprint density at radius 3 is 1.55 bits per heavy atom. The van der Waals surface area contributed by atoms with E-state index >= 15 is 0 Å². The molecule has 9 nitrogen and oxygen atoms in total. The Morgan fingerprint density at radius 2 is 0.982 bits per heavy atom. The highest BCUT2D eigenvalue weighted by molar-refractivity contribution is 6.35. The number of hydrogen-bond acceptors (Lipinski definition) is 7. The van der Waals surface area contributed by atoms with Crippen LogP contribution >= 0.6 is 0 Å². The van der Waals surface area contributed by atoms with E-state index in [9.17, 15) is 24.0 Å². The highest BCUT2D eigenvalue weighted by atomic mass is 16.5. The first-order valence-corrected chi connectivity index (χ1v) is 19.1. The van der Waals surface area contributed by atoms with Crippen LogP contribution in [0.5, 0.6) is 23.0 Å². The third-order valence-electron chi connectivity index (χ3n) is 11.8. The monoisotopic (exact) mass is 748 g/mol. The number of amides is 4. The largest absolute Gasteiger partial charge is 0.457 e. The third-order valence-corrected chi connectivity index (χ3v) is 11.8. The summed E-state index contributed by atoms with van der Waals surface area (Å²) >= 11 is 0. The van der Waals surface area contributed by atoms with E-state index in [-0.39, 0.29) is 44.7 Å². The number of fused-ring (bicyclic) bond motifs is 2. The van der Waals surface area contributed by atoms with Crippen molar-refractivity contribution in [2.24, 2.45) is 0 Å². The van der Waals surface area contributed by atoms with Gasteiger partial charge in [0, 0.05) is 28.8 Å². The van der Waals surface area contributed by atoms with Crippen LogP contribution in [0.25, 0.3) is 0 Å². The number of ketones is 1. The average molecular weight is 749 g/mol. The summed E-state index contributed by atoms with van der Waals surface area (Å²) < 4.78 is 12.4. The normalized spacial score (nSPS) is 14.0. The van der Waals surface area contributed by atoms with E-state index < -0.39 is 29.0 Å². The van der Waals surface area contributed by atoms with E-state index in [1.807, 2.05) is 45.0 Å². The molecule has 284 valence electrons. The quantitative estimate of drug-likeness (QED) is 0.0870. The van der Waals surface area contributed by atoms with Crippen molar-refractivity contribution in [1.29, 1.82) is 0 Å². The molecular weight excluding hydrogens is 705 g/mol. The molecule has 0 aromatic heterocycles. The van der Waals surface area contributed by atoms with Crippen LogP contribution in [-0.4, -0.2) is 39.9 Å². The van der Waals surface area contributed by atoms with E-state index in [4.69, 9.17) is 9.47 Å². The van der Waals surface area contributed by atoms with Gasteiger partial charge < -0.3 is 9.47 Å². The summed E-state index contributed by atoms with van der Waals surface area (Å²) in [6, 6.07) is 30.9. The van der Waals surface area contributed by atoms with E-state index in [1.165, 1.54) is 46.9 Å². The van der Waals surface area contributed by atoms with Crippen molar-refractivity contribution >= 4 is 35.1 Å². The fraction of sp³-hybridized carbons (Fsp3) is 0.255. The molecule has 9 heteroatoms. The molecule has 0 N–H and O–H groups in total.